The van der Waals surface area contributed by atoms with Crippen LogP contribution in [0.25, 0.3) is 0 Å². The van der Waals surface area contributed by atoms with Crippen LogP contribution in [0.1, 0.15) is 0 Å². The highest BCUT2D eigenvalue weighted by Crippen LogP contribution is 2.34. The zero-order valence-corrected chi connectivity index (χ0v) is 11.1. The maximum absolute atomic E-state index is 9.68. The van der Waals surface area contributed by atoms with E-state index in [1.54, 1.807) is 18.2 Å². The first-order chi connectivity index (χ1) is 8.69. The second kappa shape index (κ2) is 8.16. The smallest absolute Gasteiger partial charge is 0.179 e. The Morgan fingerprint density at radius 2 is 2.28 bits per heavy atom. The Bertz CT molecular complexity index is 363. The summed E-state index contributed by atoms with van der Waals surface area (Å²) in [5.41, 5.74) is 5.33. The van der Waals surface area contributed by atoms with Gasteiger partial charge in [-0.25, -0.2) is 0 Å². The van der Waals surface area contributed by atoms with E-state index in [2.05, 4.69) is 5.32 Å². The van der Waals surface area contributed by atoms with Crippen molar-refractivity contribution in [2.24, 2.45) is 5.73 Å². The Balaban J connectivity index is 2.47. The maximum Gasteiger partial charge on any atom is 0.179 e. The van der Waals surface area contributed by atoms with Gasteiger partial charge in [0.25, 0.3) is 0 Å². The number of hydrogen-bond donors (Lipinski definition) is 3. The Kier molecular flexibility index (Phi) is 6.82. The average molecular weight is 275 g/mol. The predicted molar refractivity (Wildman–Crippen MR) is 71.4 cm³/mol. The maximum atomic E-state index is 9.68. The molecule has 102 valence electrons. The molecule has 1 rings (SSSR count). The van der Waals surface area contributed by atoms with Gasteiger partial charge in [-0.3, -0.25) is 0 Å². The number of aliphatic hydroxyl groups excluding tert-OH is 1. The lowest BCUT2D eigenvalue weighted by Gasteiger charge is -2.15. The lowest BCUT2D eigenvalue weighted by molar-refractivity contribution is 0.105. The molecule has 0 spiro atoms. The number of methoxy groups -OCH3 is 1. The molecule has 0 bridgehead atoms. The number of aliphatic hydroxyl groups is 1. The van der Waals surface area contributed by atoms with E-state index in [4.69, 9.17) is 26.8 Å². The molecule has 0 radical (unpaired) electrons. The molecule has 1 atom stereocenters. The third-order valence-corrected chi connectivity index (χ3v) is 2.57. The third-order valence-electron chi connectivity index (χ3n) is 2.27. The van der Waals surface area contributed by atoms with Gasteiger partial charge in [0.05, 0.1) is 12.1 Å². The molecule has 0 heterocycles. The summed E-state index contributed by atoms with van der Waals surface area (Å²) >= 11 is 6.00. The molecule has 1 aromatic carbocycles. The van der Waals surface area contributed by atoms with E-state index < -0.39 is 6.10 Å². The minimum Gasteiger partial charge on any atom is -0.493 e. The predicted octanol–water partition coefficient (Wildman–Crippen LogP) is 0.637. The van der Waals surface area contributed by atoms with E-state index in [-0.39, 0.29) is 6.61 Å². The van der Waals surface area contributed by atoms with Crippen LogP contribution in [0.3, 0.4) is 0 Å². The van der Waals surface area contributed by atoms with E-state index in [0.29, 0.717) is 36.2 Å². The van der Waals surface area contributed by atoms with Gasteiger partial charge in [0.1, 0.15) is 12.7 Å². The Morgan fingerprint density at radius 1 is 1.50 bits per heavy atom. The number of nitrogens with one attached hydrogen (secondary N) is 1. The monoisotopic (exact) mass is 274 g/mol. The second-order valence-electron chi connectivity index (χ2n) is 3.73. The fourth-order valence-electron chi connectivity index (χ4n) is 1.40. The fourth-order valence-corrected chi connectivity index (χ4v) is 1.62. The molecule has 0 aromatic heterocycles. The van der Waals surface area contributed by atoms with E-state index in [1.807, 2.05) is 0 Å². The van der Waals surface area contributed by atoms with Crippen LogP contribution in [0.2, 0.25) is 5.02 Å². The van der Waals surface area contributed by atoms with Gasteiger partial charge in [-0.15, -0.1) is 0 Å². The standard InChI is InChI=1S/C12H19ClN2O3/c1-17-11-4-2-3-10(13)12(11)18-8-9(16)7-15-6-5-14/h2-4,9,15-16H,5-8,14H2,1H3. The number of halogens is 1. The third kappa shape index (κ3) is 4.70. The summed E-state index contributed by atoms with van der Waals surface area (Å²) in [6.07, 6.45) is -0.627. The van der Waals surface area contributed by atoms with Gasteiger partial charge in [0, 0.05) is 19.6 Å². The SMILES string of the molecule is COc1cccc(Cl)c1OCC(O)CNCCN. The molecule has 1 unspecified atom stereocenters. The van der Waals surface area contributed by atoms with Crippen LogP contribution in [-0.2, 0) is 0 Å². The van der Waals surface area contributed by atoms with Gasteiger partial charge in [-0.2, -0.15) is 0 Å². The summed E-state index contributed by atoms with van der Waals surface area (Å²) in [6, 6.07) is 5.23. The molecule has 0 fully saturated rings. The molecular formula is C12H19ClN2O3. The van der Waals surface area contributed by atoms with Crippen molar-refractivity contribution in [2.45, 2.75) is 6.10 Å². The zero-order chi connectivity index (χ0) is 13.4. The van der Waals surface area contributed by atoms with E-state index in [9.17, 15) is 5.11 Å². The van der Waals surface area contributed by atoms with Crippen molar-refractivity contribution in [3.8, 4) is 11.5 Å². The molecule has 0 aliphatic heterocycles. The van der Waals surface area contributed by atoms with Crippen LogP contribution in [-0.4, -0.2) is 44.6 Å². The molecule has 6 heteroatoms. The molecule has 18 heavy (non-hydrogen) atoms. The first kappa shape index (κ1) is 15.0. The largest absolute Gasteiger partial charge is 0.493 e. The van der Waals surface area contributed by atoms with Crippen LogP contribution >= 0.6 is 11.6 Å². The number of para-hydroxylation sites is 1. The van der Waals surface area contributed by atoms with Crippen LogP contribution in [0.5, 0.6) is 11.5 Å². The lowest BCUT2D eigenvalue weighted by Crippen LogP contribution is -2.34. The topological polar surface area (TPSA) is 76.7 Å². The minimum atomic E-state index is -0.627. The van der Waals surface area contributed by atoms with Crippen LogP contribution in [0.4, 0.5) is 0 Å². The van der Waals surface area contributed by atoms with Crippen molar-refractivity contribution in [3.05, 3.63) is 23.2 Å². The highest BCUT2D eigenvalue weighted by Gasteiger charge is 2.11. The van der Waals surface area contributed by atoms with Gasteiger partial charge in [0.15, 0.2) is 11.5 Å². The average Bonchev–Trinajstić information content (AvgIpc) is 2.37. The summed E-state index contributed by atoms with van der Waals surface area (Å²) < 4.78 is 10.6. The fraction of sp³-hybridized carbons (Fsp3) is 0.500. The first-order valence-corrected chi connectivity index (χ1v) is 6.11. The number of benzene rings is 1. The molecule has 1 aromatic rings. The first-order valence-electron chi connectivity index (χ1n) is 5.73. The van der Waals surface area contributed by atoms with Crippen molar-refractivity contribution in [3.63, 3.8) is 0 Å². The summed E-state index contributed by atoms with van der Waals surface area (Å²) in [5, 5.41) is 13.1. The van der Waals surface area contributed by atoms with Crippen LogP contribution in [0, 0.1) is 0 Å². The number of nitrogens with two attached hydrogens (primary N) is 1. The normalized spacial score (nSPS) is 12.2. The van der Waals surface area contributed by atoms with E-state index in [1.165, 1.54) is 7.11 Å². The zero-order valence-electron chi connectivity index (χ0n) is 10.4. The van der Waals surface area contributed by atoms with Crippen molar-refractivity contribution in [1.29, 1.82) is 0 Å². The van der Waals surface area contributed by atoms with Crippen molar-refractivity contribution in [1.82, 2.24) is 5.32 Å². The summed E-state index contributed by atoms with van der Waals surface area (Å²) in [4.78, 5) is 0. The molecular weight excluding hydrogens is 256 g/mol. The Morgan fingerprint density at radius 3 is 2.94 bits per heavy atom. The van der Waals surface area contributed by atoms with Gasteiger partial charge in [-0.05, 0) is 12.1 Å². The van der Waals surface area contributed by atoms with E-state index in [0.717, 1.165) is 0 Å². The highest BCUT2D eigenvalue weighted by molar-refractivity contribution is 6.32. The van der Waals surface area contributed by atoms with Gasteiger partial charge in [-0.1, -0.05) is 17.7 Å². The van der Waals surface area contributed by atoms with Crippen molar-refractivity contribution < 1.29 is 14.6 Å². The minimum absolute atomic E-state index is 0.137. The number of ether oxygens (including phenoxy) is 2. The lowest BCUT2D eigenvalue weighted by atomic mass is 10.3. The summed E-state index contributed by atoms with van der Waals surface area (Å²) in [6.45, 7) is 1.75. The van der Waals surface area contributed by atoms with Crippen LogP contribution < -0.4 is 20.5 Å². The highest BCUT2D eigenvalue weighted by atomic mass is 35.5. The summed E-state index contributed by atoms with van der Waals surface area (Å²) in [7, 11) is 1.54. The van der Waals surface area contributed by atoms with Crippen molar-refractivity contribution in [2.75, 3.05) is 33.4 Å². The van der Waals surface area contributed by atoms with Gasteiger partial charge in [0.2, 0.25) is 0 Å². The number of rotatable bonds is 8. The van der Waals surface area contributed by atoms with E-state index >= 15 is 0 Å². The molecule has 0 amide bonds. The molecule has 0 aliphatic carbocycles. The molecule has 4 N–H and O–H groups in total. The molecule has 5 nitrogen and oxygen atoms in total. The van der Waals surface area contributed by atoms with Crippen molar-refractivity contribution >= 4 is 11.6 Å². The molecule has 0 saturated heterocycles. The van der Waals surface area contributed by atoms with Gasteiger partial charge < -0.3 is 25.6 Å². The van der Waals surface area contributed by atoms with Gasteiger partial charge >= 0.3 is 0 Å². The Hall–Kier alpha value is -1.01. The molecule has 0 saturated carbocycles. The Labute approximate surface area is 112 Å². The summed E-state index contributed by atoms with van der Waals surface area (Å²) in [5.74, 6) is 0.990. The molecule has 0 aliphatic rings. The number of hydrogen-bond acceptors (Lipinski definition) is 5. The van der Waals surface area contributed by atoms with Crippen LogP contribution in [0.15, 0.2) is 18.2 Å². The quantitative estimate of drug-likeness (QED) is 0.607. The second-order valence-corrected chi connectivity index (χ2v) is 4.14.